The summed E-state index contributed by atoms with van der Waals surface area (Å²) in [5.74, 6) is -0.0285. The Morgan fingerprint density at radius 2 is 2.05 bits per heavy atom. The Hall–Kier alpha value is -1.37. The first kappa shape index (κ1) is 16.0. The molecule has 0 radical (unpaired) electrons. The number of aromatic nitrogens is 2. The second-order valence-corrected chi connectivity index (χ2v) is 7.37. The normalized spacial score (nSPS) is 11.8. The van der Waals surface area contributed by atoms with Crippen LogP contribution in [0, 0.1) is 13.8 Å². The molecule has 1 heterocycles. The van der Waals surface area contributed by atoms with E-state index in [0.29, 0.717) is 17.3 Å². The smallest absolute Gasteiger partial charge is 0.180 e. The highest BCUT2D eigenvalue weighted by Crippen LogP contribution is 2.20. The first-order chi connectivity index (χ1) is 9.85. The second kappa shape index (κ2) is 6.17. The molecule has 0 unspecified atom stereocenters. The van der Waals surface area contributed by atoms with Gasteiger partial charge in [0.15, 0.2) is 9.84 Å². The van der Waals surface area contributed by atoms with Gasteiger partial charge >= 0.3 is 0 Å². The van der Waals surface area contributed by atoms with Gasteiger partial charge in [-0.3, -0.25) is 4.68 Å². The molecular weight excluding hydrogens is 310 g/mol. The molecule has 114 valence electrons. The third kappa shape index (κ3) is 3.45. The zero-order valence-electron chi connectivity index (χ0n) is 12.0. The Morgan fingerprint density at radius 1 is 1.33 bits per heavy atom. The van der Waals surface area contributed by atoms with Crippen molar-refractivity contribution in [2.75, 3.05) is 5.75 Å². The Labute approximate surface area is 129 Å². The number of sulfone groups is 1. The van der Waals surface area contributed by atoms with E-state index in [1.807, 2.05) is 6.92 Å². The minimum Gasteiger partial charge on any atom is -0.326 e. The molecule has 21 heavy (non-hydrogen) atoms. The summed E-state index contributed by atoms with van der Waals surface area (Å²) in [6.45, 7) is 4.21. The van der Waals surface area contributed by atoms with Crippen LogP contribution in [0.4, 0.5) is 0 Å². The van der Waals surface area contributed by atoms with Crippen LogP contribution in [0.5, 0.6) is 0 Å². The van der Waals surface area contributed by atoms with Gasteiger partial charge in [-0.2, -0.15) is 5.10 Å². The van der Waals surface area contributed by atoms with Gasteiger partial charge in [0.05, 0.1) is 33.6 Å². The molecule has 2 N–H and O–H groups in total. The lowest BCUT2D eigenvalue weighted by Gasteiger charge is -2.07. The molecule has 1 aromatic carbocycles. The van der Waals surface area contributed by atoms with Crippen molar-refractivity contribution in [3.05, 3.63) is 46.2 Å². The van der Waals surface area contributed by atoms with Gasteiger partial charge in [0.1, 0.15) is 0 Å². The number of nitrogens with zero attached hydrogens (tertiary/aromatic N) is 2. The van der Waals surface area contributed by atoms with E-state index < -0.39 is 9.84 Å². The van der Waals surface area contributed by atoms with Gasteiger partial charge in [-0.25, -0.2) is 8.42 Å². The van der Waals surface area contributed by atoms with Crippen molar-refractivity contribution in [2.24, 2.45) is 5.73 Å². The zero-order chi connectivity index (χ0) is 15.6. The van der Waals surface area contributed by atoms with Crippen molar-refractivity contribution in [1.29, 1.82) is 0 Å². The topological polar surface area (TPSA) is 78.0 Å². The van der Waals surface area contributed by atoms with Crippen LogP contribution in [0.1, 0.15) is 17.0 Å². The van der Waals surface area contributed by atoms with E-state index >= 15 is 0 Å². The fourth-order valence-electron chi connectivity index (χ4n) is 2.08. The molecule has 0 aliphatic rings. The number of nitrogens with two attached hydrogens (primary N) is 1. The van der Waals surface area contributed by atoms with Crippen LogP contribution in [0.25, 0.3) is 0 Å². The Balaban J connectivity index is 2.19. The highest BCUT2D eigenvalue weighted by Gasteiger charge is 2.17. The van der Waals surface area contributed by atoms with E-state index in [0.717, 1.165) is 11.3 Å². The molecule has 0 saturated carbocycles. The Bertz CT molecular complexity index is 754. The quantitative estimate of drug-likeness (QED) is 0.912. The summed E-state index contributed by atoms with van der Waals surface area (Å²) in [6, 6.07) is 6.71. The standard InChI is InChI=1S/C14H18ClN3O2S/c1-10-14(15)11(2)18(17-10)6-7-21(19,20)13-5-3-4-12(8-13)9-16/h3-5,8H,6-7,9,16H2,1-2H3. The number of hydrogen-bond acceptors (Lipinski definition) is 4. The molecule has 5 nitrogen and oxygen atoms in total. The lowest BCUT2D eigenvalue weighted by molar-refractivity contribution is 0.576. The molecule has 0 fully saturated rings. The van der Waals surface area contributed by atoms with Crippen molar-refractivity contribution in [3.8, 4) is 0 Å². The fourth-order valence-corrected chi connectivity index (χ4v) is 3.48. The average molecular weight is 328 g/mol. The molecule has 0 amide bonds. The largest absolute Gasteiger partial charge is 0.326 e. The SMILES string of the molecule is Cc1nn(CCS(=O)(=O)c2cccc(CN)c2)c(C)c1Cl. The molecule has 7 heteroatoms. The molecule has 0 aliphatic heterocycles. The summed E-state index contributed by atoms with van der Waals surface area (Å²) in [5.41, 5.74) is 7.82. The molecule has 0 spiro atoms. The fraction of sp³-hybridized carbons (Fsp3) is 0.357. The molecule has 0 bridgehead atoms. The van der Waals surface area contributed by atoms with Crippen molar-refractivity contribution in [3.63, 3.8) is 0 Å². The van der Waals surface area contributed by atoms with Crippen LogP contribution in [-0.4, -0.2) is 24.0 Å². The summed E-state index contributed by atoms with van der Waals surface area (Å²) in [5, 5.41) is 4.82. The zero-order valence-corrected chi connectivity index (χ0v) is 13.6. The lowest BCUT2D eigenvalue weighted by Crippen LogP contribution is -2.15. The number of benzene rings is 1. The van der Waals surface area contributed by atoms with Crippen LogP contribution >= 0.6 is 11.6 Å². The average Bonchev–Trinajstić information content (AvgIpc) is 2.72. The third-order valence-corrected chi connectivity index (χ3v) is 5.60. The summed E-state index contributed by atoms with van der Waals surface area (Å²) in [7, 11) is -3.37. The van der Waals surface area contributed by atoms with Crippen LogP contribution < -0.4 is 5.73 Å². The van der Waals surface area contributed by atoms with E-state index in [4.69, 9.17) is 17.3 Å². The summed E-state index contributed by atoms with van der Waals surface area (Å²) in [4.78, 5) is 0.290. The van der Waals surface area contributed by atoms with Gasteiger partial charge in [0.2, 0.25) is 0 Å². The highest BCUT2D eigenvalue weighted by molar-refractivity contribution is 7.91. The van der Waals surface area contributed by atoms with Gasteiger partial charge < -0.3 is 5.73 Å². The molecule has 0 aliphatic carbocycles. The van der Waals surface area contributed by atoms with Crippen molar-refractivity contribution >= 4 is 21.4 Å². The number of aryl methyl sites for hydroxylation is 2. The molecular formula is C14H18ClN3O2S. The van der Waals surface area contributed by atoms with Crippen molar-refractivity contribution in [1.82, 2.24) is 9.78 Å². The molecule has 0 atom stereocenters. The van der Waals surface area contributed by atoms with Gasteiger partial charge in [-0.1, -0.05) is 23.7 Å². The van der Waals surface area contributed by atoms with Crippen LogP contribution in [-0.2, 0) is 22.9 Å². The lowest BCUT2D eigenvalue weighted by atomic mass is 10.2. The van der Waals surface area contributed by atoms with E-state index in [-0.39, 0.29) is 17.2 Å². The highest BCUT2D eigenvalue weighted by atomic mass is 35.5. The first-order valence-electron chi connectivity index (χ1n) is 6.56. The van der Waals surface area contributed by atoms with Crippen LogP contribution in [0.15, 0.2) is 29.2 Å². The van der Waals surface area contributed by atoms with Gasteiger partial charge in [-0.15, -0.1) is 0 Å². The maximum Gasteiger partial charge on any atom is 0.180 e. The predicted molar refractivity (Wildman–Crippen MR) is 83.1 cm³/mol. The summed E-state index contributed by atoms with van der Waals surface area (Å²) in [6.07, 6.45) is 0. The number of halogens is 1. The Kier molecular flexibility index (Phi) is 4.70. The summed E-state index contributed by atoms with van der Waals surface area (Å²) < 4.78 is 26.4. The predicted octanol–water partition coefficient (Wildman–Crippen LogP) is 2.09. The maximum atomic E-state index is 12.4. The maximum absolute atomic E-state index is 12.4. The van der Waals surface area contributed by atoms with E-state index in [2.05, 4.69) is 5.10 Å². The first-order valence-corrected chi connectivity index (χ1v) is 8.59. The molecule has 2 rings (SSSR count). The number of hydrogen-bond donors (Lipinski definition) is 1. The minimum atomic E-state index is -3.37. The van der Waals surface area contributed by atoms with Gasteiger partial charge in [0.25, 0.3) is 0 Å². The van der Waals surface area contributed by atoms with Crippen LogP contribution in [0.3, 0.4) is 0 Å². The summed E-state index contributed by atoms with van der Waals surface area (Å²) >= 11 is 6.06. The van der Waals surface area contributed by atoms with E-state index in [1.165, 1.54) is 0 Å². The monoisotopic (exact) mass is 327 g/mol. The van der Waals surface area contributed by atoms with Crippen molar-refractivity contribution in [2.45, 2.75) is 31.8 Å². The number of rotatable bonds is 5. The van der Waals surface area contributed by atoms with Crippen LogP contribution in [0.2, 0.25) is 5.02 Å². The molecule has 1 aromatic heterocycles. The van der Waals surface area contributed by atoms with Gasteiger partial charge in [-0.05, 0) is 31.5 Å². The van der Waals surface area contributed by atoms with E-state index in [1.54, 1.807) is 35.9 Å². The van der Waals surface area contributed by atoms with Crippen molar-refractivity contribution < 1.29 is 8.42 Å². The molecule has 0 saturated heterocycles. The molecule has 2 aromatic rings. The van der Waals surface area contributed by atoms with E-state index in [9.17, 15) is 8.42 Å². The second-order valence-electron chi connectivity index (χ2n) is 4.88. The minimum absolute atomic E-state index is 0.0285. The van der Waals surface area contributed by atoms with Gasteiger partial charge in [0, 0.05) is 6.54 Å². The third-order valence-electron chi connectivity index (χ3n) is 3.36. The Morgan fingerprint density at radius 3 is 2.62 bits per heavy atom.